The Balaban J connectivity index is 3.98. The lowest BCUT2D eigenvalue weighted by Gasteiger charge is -2.20. The molecule has 0 aromatic heterocycles. The minimum atomic E-state index is -0.777. The zero-order valence-electron chi connectivity index (χ0n) is 12.7. The summed E-state index contributed by atoms with van der Waals surface area (Å²) in [6.07, 6.45) is 2.07. The van der Waals surface area contributed by atoms with E-state index in [-0.39, 0.29) is 12.3 Å². The second-order valence-electron chi connectivity index (χ2n) is 5.40. The van der Waals surface area contributed by atoms with Crippen LogP contribution < -0.4 is 11.1 Å². The van der Waals surface area contributed by atoms with Gasteiger partial charge in [-0.05, 0) is 31.1 Å². The minimum Gasteiger partial charge on any atom is -0.481 e. The van der Waals surface area contributed by atoms with Gasteiger partial charge in [-0.2, -0.15) is 0 Å². The summed E-state index contributed by atoms with van der Waals surface area (Å²) in [5.74, 6) is -0.265. The smallest absolute Gasteiger partial charge is 0.303 e. The molecule has 0 fully saturated rings. The number of rotatable bonds is 11. The average Bonchev–Trinajstić information content (AvgIpc) is 2.38. The third-order valence-corrected chi connectivity index (χ3v) is 3.46. The maximum atomic E-state index is 11.7. The second-order valence-corrected chi connectivity index (χ2v) is 5.40. The van der Waals surface area contributed by atoms with Gasteiger partial charge in [0.25, 0.3) is 0 Å². The number of ether oxygens (including phenoxy) is 1. The van der Waals surface area contributed by atoms with Gasteiger partial charge in [0.15, 0.2) is 0 Å². The van der Waals surface area contributed by atoms with Crippen molar-refractivity contribution in [1.29, 1.82) is 0 Å². The first-order chi connectivity index (χ1) is 9.38. The standard InChI is InChI=1S/C14H28N2O4/c1-10(2)11(4-5-13(17)18)6-8-16-14(19)12(15)7-9-20-3/h10-12H,4-9,15H2,1-3H3,(H,16,19)(H,17,18). The van der Waals surface area contributed by atoms with Crippen LogP contribution in [0.2, 0.25) is 0 Å². The molecule has 0 spiro atoms. The SMILES string of the molecule is COCCC(N)C(=O)NCCC(CCC(=O)O)C(C)C. The van der Waals surface area contributed by atoms with E-state index in [1.165, 1.54) is 0 Å². The number of carbonyl (C=O) groups is 2. The molecule has 20 heavy (non-hydrogen) atoms. The van der Waals surface area contributed by atoms with Gasteiger partial charge in [-0.1, -0.05) is 13.8 Å². The molecular weight excluding hydrogens is 260 g/mol. The number of carboxylic acid groups (broad SMARTS) is 1. The van der Waals surface area contributed by atoms with Crippen molar-refractivity contribution in [3.63, 3.8) is 0 Å². The van der Waals surface area contributed by atoms with Crippen molar-refractivity contribution in [3.05, 3.63) is 0 Å². The predicted molar refractivity (Wildman–Crippen MR) is 77.3 cm³/mol. The normalized spacial score (nSPS) is 14.1. The summed E-state index contributed by atoms with van der Waals surface area (Å²) in [6.45, 7) is 5.13. The third kappa shape index (κ3) is 8.87. The van der Waals surface area contributed by atoms with Crippen molar-refractivity contribution in [2.45, 2.75) is 45.6 Å². The molecule has 0 heterocycles. The van der Waals surface area contributed by atoms with E-state index in [0.29, 0.717) is 37.8 Å². The van der Waals surface area contributed by atoms with Crippen LogP contribution in [0.1, 0.15) is 39.5 Å². The van der Waals surface area contributed by atoms with Crippen LogP contribution in [0.25, 0.3) is 0 Å². The first-order valence-corrected chi connectivity index (χ1v) is 7.12. The molecule has 0 rings (SSSR count). The van der Waals surface area contributed by atoms with Crippen LogP contribution in [0.3, 0.4) is 0 Å². The summed E-state index contributed by atoms with van der Waals surface area (Å²) >= 11 is 0. The van der Waals surface area contributed by atoms with E-state index in [2.05, 4.69) is 19.2 Å². The van der Waals surface area contributed by atoms with Gasteiger partial charge in [0.1, 0.15) is 0 Å². The Kier molecular flexibility index (Phi) is 10.0. The fourth-order valence-corrected chi connectivity index (χ4v) is 2.01. The highest BCUT2D eigenvalue weighted by Crippen LogP contribution is 2.20. The van der Waals surface area contributed by atoms with Crippen molar-refractivity contribution in [2.75, 3.05) is 20.3 Å². The van der Waals surface area contributed by atoms with Crippen LogP contribution in [-0.4, -0.2) is 43.3 Å². The van der Waals surface area contributed by atoms with Crippen molar-refractivity contribution < 1.29 is 19.4 Å². The van der Waals surface area contributed by atoms with Crippen LogP contribution in [-0.2, 0) is 14.3 Å². The topological polar surface area (TPSA) is 102 Å². The van der Waals surface area contributed by atoms with E-state index in [0.717, 1.165) is 6.42 Å². The zero-order chi connectivity index (χ0) is 15.5. The summed E-state index contributed by atoms with van der Waals surface area (Å²) in [7, 11) is 1.57. The number of carboxylic acids is 1. The molecule has 6 heteroatoms. The van der Waals surface area contributed by atoms with E-state index >= 15 is 0 Å². The van der Waals surface area contributed by atoms with Gasteiger partial charge < -0.3 is 20.9 Å². The van der Waals surface area contributed by atoms with Crippen LogP contribution in [0.5, 0.6) is 0 Å². The Morgan fingerprint density at radius 3 is 2.40 bits per heavy atom. The lowest BCUT2D eigenvalue weighted by Crippen LogP contribution is -2.42. The number of hydrogen-bond acceptors (Lipinski definition) is 4. The fraction of sp³-hybridized carbons (Fsp3) is 0.857. The Bertz CT molecular complexity index is 295. The molecule has 4 N–H and O–H groups in total. The molecule has 0 aromatic carbocycles. The number of aliphatic carboxylic acids is 1. The first kappa shape index (κ1) is 18.9. The van der Waals surface area contributed by atoms with E-state index in [1.807, 2.05) is 0 Å². The fourth-order valence-electron chi connectivity index (χ4n) is 2.01. The highest BCUT2D eigenvalue weighted by atomic mass is 16.5. The number of amides is 1. The molecule has 0 aromatic rings. The van der Waals surface area contributed by atoms with Gasteiger partial charge >= 0.3 is 5.97 Å². The lowest BCUT2D eigenvalue weighted by molar-refractivity contribution is -0.137. The molecular formula is C14H28N2O4. The van der Waals surface area contributed by atoms with Crippen molar-refractivity contribution in [3.8, 4) is 0 Å². The molecule has 0 saturated heterocycles. The Labute approximate surface area is 121 Å². The van der Waals surface area contributed by atoms with Gasteiger partial charge in [-0.15, -0.1) is 0 Å². The molecule has 2 unspecified atom stereocenters. The molecule has 6 nitrogen and oxygen atoms in total. The third-order valence-electron chi connectivity index (χ3n) is 3.46. The quantitative estimate of drug-likeness (QED) is 0.526. The van der Waals surface area contributed by atoms with Gasteiger partial charge in [0.05, 0.1) is 6.04 Å². The summed E-state index contributed by atoms with van der Waals surface area (Å²) in [5.41, 5.74) is 5.71. The van der Waals surface area contributed by atoms with Gasteiger partial charge in [-0.25, -0.2) is 0 Å². The largest absolute Gasteiger partial charge is 0.481 e. The average molecular weight is 288 g/mol. The molecule has 1 amide bonds. The minimum absolute atomic E-state index is 0.171. The monoisotopic (exact) mass is 288 g/mol. The molecule has 2 atom stereocenters. The van der Waals surface area contributed by atoms with E-state index < -0.39 is 12.0 Å². The van der Waals surface area contributed by atoms with E-state index in [4.69, 9.17) is 15.6 Å². The van der Waals surface area contributed by atoms with Crippen LogP contribution in [0.15, 0.2) is 0 Å². The summed E-state index contributed by atoms with van der Waals surface area (Å²) in [4.78, 5) is 22.3. The summed E-state index contributed by atoms with van der Waals surface area (Å²) in [5, 5.41) is 11.5. The second kappa shape index (κ2) is 10.6. The lowest BCUT2D eigenvalue weighted by atomic mass is 9.88. The number of hydrogen-bond donors (Lipinski definition) is 3. The maximum absolute atomic E-state index is 11.7. The van der Waals surface area contributed by atoms with Gasteiger partial charge in [-0.3, -0.25) is 9.59 Å². The molecule has 0 saturated carbocycles. The molecule has 0 aliphatic heterocycles. The number of nitrogens with one attached hydrogen (secondary N) is 1. The molecule has 0 aliphatic rings. The number of nitrogens with two attached hydrogens (primary N) is 1. The van der Waals surface area contributed by atoms with Crippen LogP contribution in [0.4, 0.5) is 0 Å². The predicted octanol–water partition coefficient (Wildman–Crippen LogP) is 0.994. The van der Waals surface area contributed by atoms with Crippen molar-refractivity contribution in [1.82, 2.24) is 5.32 Å². The number of carbonyl (C=O) groups excluding carboxylic acids is 1. The molecule has 0 bridgehead atoms. The van der Waals surface area contributed by atoms with Gasteiger partial charge in [0.2, 0.25) is 5.91 Å². The van der Waals surface area contributed by atoms with Crippen molar-refractivity contribution >= 4 is 11.9 Å². The molecule has 118 valence electrons. The Morgan fingerprint density at radius 2 is 1.90 bits per heavy atom. The molecule has 0 radical (unpaired) electrons. The van der Waals surface area contributed by atoms with E-state index in [9.17, 15) is 9.59 Å². The maximum Gasteiger partial charge on any atom is 0.303 e. The summed E-state index contributed by atoms with van der Waals surface area (Å²) < 4.78 is 4.88. The highest BCUT2D eigenvalue weighted by molar-refractivity contribution is 5.81. The Morgan fingerprint density at radius 1 is 1.25 bits per heavy atom. The van der Waals surface area contributed by atoms with Crippen molar-refractivity contribution in [2.24, 2.45) is 17.6 Å². The zero-order valence-corrected chi connectivity index (χ0v) is 12.7. The summed E-state index contributed by atoms with van der Waals surface area (Å²) in [6, 6.07) is -0.550. The van der Waals surface area contributed by atoms with Crippen LogP contribution >= 0.6 is 0 Å². The van der Waals surface area contributed by atoms with E-state index in [1.54, 1.807) is 7.11 Å². The molecule has 0 aliphatic carbocycles. The van der Waals surface area contributed by atoms with Gasteiger partial charge in [0, 0.05) is 26.7 Å². The Hall–Kier alpha value is -1.14. The first-order valence-electron chi connectivity index (χ1n) is 7.12. The number of methoxy groups -OCH3 is 1. The van der Waals surface area contributed by atoms with Crippen LogP contribution in [0, 0.1) is 11.8 Å². The highest BCUT2D eigenvalue weighted by Gasteiger charge is 2.17.